The molecule has 0 spiro atoms. The van der Waals surface area contributed by atoms with Gasteiger partial charge in [-0.3, -0.25) is 9.78 Å². The number of thiazole rings is 1. The predicted octanol–water partition coefficient (Wildman–Crippen LogP) is 3.35. The molecule has 1 amide bonds. The summed E-state index contributed by atoms with van der Waals surface area (Å²) in [6, 6.07) is 5.75. The Morgan fingerprint density at radius 3 is 3.05 bits per heavy atom. The van der Waals surface area contributed by atoms with Crippen molar-refractivity contribution in [3.05, 3.63) is 30.6 Å². The van der Waals surface area contributed by atoms with E-state index in [1.807, 2.05) is 18.2 Å². The highest BCUT2D eigenvalue weighted by atomic mass is 32.1. The first-order chi connectivity index (χ1) is 10.8. The van der Waals surface area contributed by atoms with Gasteiger partial charge >= 0.3 is 0 Å². The summed E-state index contributed by atoms with van der Waals surface area (Å²) in [4.78, 5) is 21.9. The van der Waals surface area contributed by atoms with E-state index in [0.29, 0.717) is 5.13 Å². The molecule has 5 nitrogen and oxygen atoms in total. The summed E-state index contributed by atoms with van der Waals surface area (Å²) in [6.45, 7) is 0. The molecule has 22 heavy (non-hydrogen) atoms. The molecule has 1 aliphatic carbocycles. The summed E-state index contributed by atoms with van der Waals surface area (Å²) in [5.74, 6) is 0.0598. The number of nitrogens with zero attached hydrogens (tertiary/aromatic N) is 2. The van der Waals surface area contributed by atoms with Gasteiger partial charge in [-0.15, -0.1) is 0 Å². The number of carbonyl (C=O) groups excluding carboxylic acids is 1. The molecule has 0 saturated heterocycles. The third kappa shape index (κ3) is 3.51. The summed E-state index contributed by atoms with van der Waals surface area (Å²) >= 11 is 1.45. The van der Waals surface area contributed by atoms with Crippen molar-refractivity contribution < 1.29 is 9.53 Å². The van der Waals surface area contributed by atoms with Gasteiger partial charge in [0.05, 0.1) is 16.7 Å². The van der Waals surface area contributed by atoms with Crippen molar-refractivity contribution in [2.45, 2.75) is 31.8 Å². The Bertz CT molecular complexity index is 629. The minimum absolute atomic E-state index is 0.0147. The molecule has 2 unspecified atom stereocenters. The fourth-order valence-electron chi connectivity index (χ4n) is 2.76. The molecule has 2 atom stereocenters. The first-order valence-electron chi connectivity index (χ1n) is 7.47. The highest BCUT2D eigenvalue weighted by Crippen LogP contribution is 2.30. The van der Waals surface area contributed by atoms with Crippen LogP contribution in [0.25, 0.3) is 10.6 Å². The van der Waals surface area contributed by atoms with E-state index < -0.39 is 0 Å². The molecule has 1 fully saturated rings. The van der Waals surface area contributed by atoms with Crippen molar-refractivity contribution in [3.63, 3.8) is 0 Å². The van der Waals surface area contributed by atoms with Crippen LogP contribution in [0.2, 0.25) is 0 Å². The van der Waals surface area contributed by atoms with Gasteiger partial charge in [0.1, 0.15) is 0 Å². The SMILES string of the molecule is COC1CCCC(C(=O)Nc2ncc(-c3ccccn3)s2)C1. The Balaban J connectivity index is 1.64. The highest BCUT2D eigenvalue weighted by Gasteiger charge is 2.27. The minimum Gasteiger partial charge on any atom is -0.381 e. The van der Waals surface area contributed by atoms with E-state index in [1.54, 1.807) is 19.5 Å². The molecule has 1 aliphatic rings. The van der Waals surface area contributed by atoms with E-state index >= 15 is 0 Å². The first kappa shape index (κ1) is 15.1. The second kappa shape index (κ2) is 6.98. The molecule has 0 aromatic carbocycles. The van der Waals surface area contributed by atoms with Crippen molar-refractivity contribution in [2.24, 2.45) is 5.92 Å². The molecule has 0 radical (unpaired) electrons. The number of methoxy groups -OCH3 is 1. The van der Waals surface area contributed by atoms with Crippen LogP contribution in [0.4, 0.5) is 5.13 Å². The van der Waals surface area contributed by atoms with Crippen LogP contribution in [0.5, 0.6) is 0 Å². The summed E-state index contributed by atoms with van der Waals surface area (Å²) in [6.07, 6.45) is 7.49. The number of hydrogen-bond acceptors (Lipinski definition) is 5. The summed E-state index contributed by atoms with van der Waals surface area (Å²) in [5.41, 5.74) is 0.873. The quantitative estimate of drug-likeness (QED) is 0.939. The Morgan fingerprint density at radius 2 is 2.27 bits per heavy atom. The second-order valence-corrected chi connectivity index (χ2v) is 6.49. The highest BCUT2D eigenvalue weighted by molar-refractivity contribution is 7.19. The number of aromatic nitrogens is 2. The summed E-state index contributed by atoms with van der Waals surface area (Å²) in [5, 5.41) is 3.56. The third-order valence-corrected chi connectivity index (χ3v) is 4.92. The lowest BCUT2D eigenvalue weighted by atomic mass is 9.86. The Hall–Kier alpha value is -1.79. The van der Waals surface area contributed by atoms with Crippen molar-refractivity contribution in [1.29, 1.82) is 0 Å². The standard InChI is InChI=1S/C16H19N3O2S/c1-21-12-6-4-5-11(9-12)15(20)19-16-18-10-14(22-16)13-7-2-3-8-17-13/h2-3,7-8,10-12H,4-6,9H2,1H3,(H,18,19,20). The first-order valence-corrected chi connectivity index (χ1v) is 8.29. The zero-order valence-electron chi connectivity index (χ0n) is 12.5. The number of amides is 1. The Labute approximate surface area is 133 Å². The summed E-state index contributed by atoms with van der Waals surface area (Å²) < 4.78 is 5.38. The lowest BCUT2D eigenvalue weighted by Crippen LogP contribution is -2.30. The fraction of sp³-hybridized carbons (Fsp3) is 0.438. The van der Waals surface area contributed by atoms with Gasteiger partial charge in [-0.2, -0.15) is 0 Å². The van der Waals surface area contributed by atoms with E-state index in [9.17, 15) is 4.79 Å². The van der Waals surface area contributed by atoms with Crippen LogP contribution in [-0.4, -0.2) is 29.1 Å². The number of pyridine rings is 1. The Morgan fingerprint density at radius 1 is 1.36 bits per heavy atom. The van der Waals surface area contributed by atoms with E-state index in [1.165, 1.54) is 11.3 Å². The third-order valence-electron chi connectivity index (χ3n) is 3.98. The number of hydrogen-bond donors (Lipinski definition) is 1. The topological polar surface area (TPSA) is 64.1 Å². The molecule has 0 bridgehead atoms. The number of nitrogens with one attached hydrogen (secondary N) is 1. The van der Waals surface area contributed by atoms with E-state index in [-0.39, 0.29) is 17.9 Å². The molecule has 0 aliphatic heterocycles. The van der Waals surface area contributed by atoms with Crippen LogP contribution in [0.1, 0.15) is 25.7 Å². The molecule has 1 N–H and O–H groups in total. The van der Waals surface area contributed by atoms with Crippen LogP contribution in [-0.2, 0) is 9.53 Å². The molecule has 6 heteroatoms. The average Bonchev–Trinajstić information content (AvgIpc) is 3.04. The van der Waals surface area contributed by atoms with Gasteiger partial charge in [-0.05, 0) is 31.4 Å². The maximum Gasteiger partial charge on any atom is 0.229 e. The fourth-order valence-corrected chi connectivity index (χ4v) is 3.56. The van der Waals surface area contributed by atoms with Crippen molar-refractivity contribution >= 4 is 22.4 Å². The molecule has 1 saturated carbocycles. The van der Waals surface area contributed by atoms with Gasteiger partial charge in [0.2, 0.25) is 5.91 Å². The van der Waals surface area contributed by atoms with Gasteiger partial charge in [0, 0.05) is 25.4 Å². The average molecular weight is 317 g/mol. The molecular formula is C16H19N3O2S. The summed E-state index contributed by atoms with van der Waals surface area (Å²) in [7, 11) is 1.71. The minimum atomic E-state index is 0.0147. The van der Waals surface area contributed by atoms with Gasteiger partial charge < -0.3 is 10.1 Å². The molecule has 2 aromatic heterocycles. The molecule has 116 valence electrons. The zero-order valence-corrected chi connectivity index (χ0v) is 13.3. The normalized spacial score (nSPS) is 21.5. The van der Waals surface area contributed by atoms with E-state index in [2.05, 4.69) is 15.3 Å². The Kier molecular flexibility index (Phi) is 4.80. The largest absolute Gasteiger partial charge is 0.381 e. The lowest BCUT2D eigenvalue weighted by molar-refractivity contribution is -0.122. The van der Waals surface area contributed by atoms with E-state index in [0.717, 1.165) is 36.3 Å². The van der Waals surface area contributed by atoms with Crippen molar-refractivity contribution in [1.82, 2.24) is 9.97 Å². The number of rotatable bonds is 4. The van der Waals surface area contributed by atoms with Crippen LogP contribution in [0.15, 0.2) is 30.6 Å². The monoisotopic (exact) mass is 317 g/mol. The lowest BCUT2D eigenvalue weighted by Gasteiger charge is -2.26. The van der Waals surface area contributed by atoms with Gasteiger partial charge in [-0.25, -0.2) is 4.98 Å². The van der Waals surface area contributed by atoms with Crippen LogP contribution in [0.3, 0.4) is 0 Å². The van der Waals surface area contributed by atoms with Crippen LogP contribution in [0, 0.1) is 5.92 Å². The maximum absolute atomic E-state index is 12.4. The predicted molar refractivity (Wildman–Crippen MR) is 86.7 cm³/mol. The number of carbonyl (C=O) groups is 1. The van der Waals surface area contributed by atoms with Crippen molar-refractivity contribution in [2.75, 3.05) is 12.4 Å². The smallest absolute Gasteiger partial charge is 0.229 e. The van der Waals surface area contributed by atoms with Crippen molar-refractivity contribution in [3.8, 4) is 10.6 Å². The van der Waals surface area contributed by atoms with Crippen LogP contribution < -0.4 is 5.32 Å². The van der Waals surface area contributed by atoms with E-state index in [4.69, 9.17) is 4.74 Å². The number of anilines is 1. The molecule has 2 heterocycles. The van der Waals surface area contributed by atoms with Crippen LogP contribution >= 0.6 is 11.3 Å². The maximum atomic E-state index is 12.4. The molecular weight excluding hydrogens is 298 g/mol. The molecule has 3 rings (SSSR count). The number of ether oxygens (including phenoxy) is 1. The van der Waals surface area contributed by atoms with Gasteiger partial charge in [0.15, 0.2) is 5.13 Å². The zero-order chi connectivity index (χ0) is 15.4. The second-order valence-electron chi connectivity index (χ2n) is 5.46. The van der Waals surface area contributed by atoms with Gasteiger partial charge in [-0.1, -0.05) is 23.8 Å². The van der Waals surface area contributed by atoms with Gasteiger partial charge in [0.25, 0.3) is 0 Å². The molecule has 2 aromatic rings.